The van der Waals surface area contributed by atoms with E-state index >= 15 is 0 Å². The van der Waals surface area contributed by atoms with Gasteiger partial charge in [0.2, 0.25) is 0 Å². The van der Waals surface area contributed by atoms with Crippen LogP contribution in [-0.2, 0) is 21.4 Å². The van der Waals surface area contributed by atoms with Crippen LogP contribution in [0.15, 0.2) is 41.5 Å². The summed E-state index contributed by atoms with van der Waals surface area (Å²) in [5.41, 5.74) is -3.71. The first kappa shape index (κ1) is 12.5. The number of benzene rings is 1. The van der Waals surface area contributed by atoms with E-state index in [9.17, 15) is 22.8 Å². The zero-order chi connectivity index (χ0) is 25.1. The van der Waals surface area contributed by atoms with Crippen molar-refractivity contribution in [2.45, 2.75) is 26.8 Å². The normalized spacial score (nSPS) is 23.7. The number of ether oxygens (including phenoxy) is 1. The van der Waals surface area contributed by atoms with Crippen LogP contribution in [0.2, 0.25) is 0 Å². The Morgan fingerprint density at radius 2 is 1.93 bits per heavy atom. The Balaban J connectivity index is 2.45. The first-order valence-electron chi connectivity index (χ1n) is 10.8. The fourth-order valence-corrected chi connectivity index (χ4v) is 3.30. The highest BCUT2D eigenvalue weighted by atomic mass is 19.4. The van der Waals surface area contributed by atoms with E-state index in [1.165, 1.54) is 30.7 Å². The van der Waals surface area contributed by atoms with Gasteiger partial charge < -0.3 is 9.30 Å². The minimum atomic E-state index is -5.17. The quantitative estimate of drug-likeness (QED) is 0.333. The van der Waals surface area contributed by atoms with Crippen molar-refractivity contribution in [1.29, 1.82) is 0 Å². The zero-order valence-corrected chi connectivity index (χ0v) is 14.3. The minimum absolute atomic E-state index is 0.123. The van der Waals surface area contributed by atoms with Crippen LogP contribution in [0.3, 0.4) is 0 Å². The van der Waals surface area contributed by atoms with E-state index in [-0.39, 0.29) is 16.6 Å². The molecule has 1 fully saturated rings. The number of carbonyl (C=O) groups excluding carboxylic acids is 2. The number of allylic oxidation sites excluding steroid dienone is 2. The van der Waals surface area contributed by atoms with E-state index in [4.69, 9.17) is 8.22 Å². The lowest BCUT2D eigenvalue weighted by Crippen LogP contribution is -2.19. The molecule has 0 N–H and O–H groups in total. The molecule has 0 aliphatic carbocycles. The average Bonchev–Trinajstić information content (AvgIpc) is 3.05. The van der Waals surface area contributed by atoms with Crippen LogP contribution in [0, 0.1) is 12.8 Å². The van der Waals surface area contributed by atoms with Crippen molar-refractivity contribution in [3.8, 4) is 0 Å². The number of rotatable bonds is 2. The molecule has 0 saturated carbocycles. The van der Waals surface area contributed by atoms with Gasteiger partial charge in [-0.1, -0.05) is 29.8 Å². The Bertz CT molecular complexity index is 1200. The van der Waals surface area contributed by atoms with E-state index < -0.39 is 54.5 Å². The molecule has 1 aromatic heterocycles. The van der Waals surface area contributed by atoms with E-state index in [0.29, 0.717) is 11.6 Å². The lowest BCUT2D eigenvalue weighted by molar-refractivity contribution is -0.152. The summed E-state index contributed by atoms with van der Waals surface area (Å²) in [6.45, 7) is -5.11. The Labute approximate surface area is 162 Å². The molecule has 0 amide bonds. The maximum Gasteiger partial charge on any atom is 0.417 e. The van der Waals surface area contributed by atoms with E-state index in [2.05, 4.69) is 4.74 Å². The molecule has 1 atom stereocenters. The molecule has 1 aromatic carbocycles. The first-order chi connectivity index (χ1) is 15.0. The molecule has 4 nitrogen and oxygen atoms in total. The van der Waals surface area contributed by atoms with Gasteiger partial charge in [0.1, 0.15) is 5.92 Å². The lowest BCUT2D eigenvalue weighted by atomic mass is 9.89. The maximum absolute atomic E-state index is 14.4. The second-order valence-corrected chi connectivity index (χ2v) is 6.09. The summed E-state index contributed by atoms with van der Waals surface area (Å²) >= 11 is 0. The van der Waals surface area contributed by atoms with Crippen LogP contribution in [0.25, 0.3) is 16.5 Å². The molecule has 1 unspecified atom stereocenters. The van der Waals surface area contributed by atoms with Crippen LogP contribution in [0.1, 0.15) is 33.2 Å². The monoisotopic (exact) mass is 383 g/mol. The van der Waals surface area contributed by atoms with Gasteiger partial charge in [0.15, 0.2) is 0 Å². The van der Waals surface area contributed by atoms with Crippen molar-refractivity contribution >= 4 is 28.4 Å². The van der Waals surface area contributed by atoms with Gasteiger partial charge in [-0.25, -0.2) is 4.79 Å². The zero-order valence-electron chi connectivity index (χ0n) is 20.3. The highest BCUT2D eigenvalue weighted by Crippen LogP contribution is 2.45. The first-order valence-corrected chi connectivity index (χ1v) is 7.80. The SMILES string of the molecule is [2H]C([2H])([2H])C(=CC1C(=O)OC(=O)/C1=C(\c1c(C)n(C)c2ccccc12)C(F)(F)F)C([2H])([2H])[2H]. The Kier molecular flexibility index (Phi) is 2.97. The van der Waals surface area contributed by atoms with Crippen molar-refractivity contribution < 1.29 is 35.7 Å². The fourth-order valence-electron chi connectivity index (χ4n) is 3.30. The summed E-state index contributed by atoms with van der Waals surface area (Å²) in [4.78, 5) is 24.8. The summed E-state index contributed by atoms with van der Waals surface area (Å²) < 4.78 is 93.9. The molecule has 0 spiro atoms. The van der Waals surface area contributed by atoms with Crippen LogP contribution in [-0.4, -0.2) is 22.7 Å². The third-order valence-electron chi connectivity index (χ3n) is 4.51. The van der Waals surface area contributed by atoms with Crippen molar-refractivity contribution in [3.63, 3.8) is 0 Å². The highest BCUT2D eigenvalue weighted by Gasteiger charge is 2.48. The number of esters is 2. The molecule has 1 saturated heterocycles. The molecule has 2 aromatic rings. The number of carbonyl (C=O) groups is 2. The number of para-hydroxylation sites is 1. The third kappa shape index (κ3) is 3.07. The molecule has 142 valence electrons. The van der Waals surface area contributed by atoms with E-state index in [1.807, 2.05) is 0 Å². The van der Waals surface area contributed by atoms with Crippen LogP contribution < -0.4 is 0 Å². The number of nitrogens with zero attached hydrogens (tertiary/aromatic N) is 1. The van der Waals surface area contributed by atoms with Crippen LogP contribution in [0.4, 0.5) is 13.2 Å². The van der Waals surface area contributed by atoms with Gasteiger partial charge >= 0.3 is 18.1 Å². The standard InChI is InChI=1S/C20H18F3NO3/c1-10(2)9-13-16(19(26)27-18(13)25)17(20(21,22)23)15-11(3)24(4)14-8-6-5-7-12(14)15/h5-9,13H,1-4H3/b17-16+/i1D3,2D3. The Hall–Kier alpha value is -2.83. The third-order valence-corrected chi connectivity index (χ3v) is 4.51. The molecule has 27 heavy (non-hydrogen) atoms. The van der Waals surface area contributed by atoms with Crippen LogP contribution in [0.5, 0.6) is 0 Å². The molecule has 2 heterocycles. The van der Waals surface area contributed by atoms with Gasteiger partial charge in [0.25, 0.3) is 0 Å². The predicted molar refractivity (Wildman–Crippen MR) is 94.7 cm³/mol. The van der Waals surface area contributed by atoms with E-state index in [1.54, 1.807) is 12.1 Å². The second kappa shape index (κ2) is 6.40. The molecule has 0 bridgehead atoms. The number of hydrogen-bond acceptors (Lipinski definition) is 3. The summed E-state index contributed by atoms with van der Waals surface area (Å²) in [5, 5.41) is 0.138. The van der Waals surface area contributed by atoms with Gasteiger partial charge in [0, 0.05) is 37.4 Å². The summed E-state index contributed by atoms with van der Waals surface area (Å²) in [6.07, 6.45) is -4.80. The molecule has 1 aliphatic heterocycles. The van der Waals surface area contributed by atoms with E-state index in [0.717, 1.165) is 0 Å². The summed E-state index contributed by atoms with van der Waals surface area (Å²) in [5.74, 6) is -5.26. The van der Waals surface area contributed by atoms with Crippen LogP contribution >= 0.6 is 0 Å². The molecular formula is C20H18F3NO3. The maximum atomic E-state index is 14.4. The minimum Gasteiger partial charge on any atom is -0.389 e. The number of halogens is 3. The molecule has 0 radical (unpaired) electrons. The molecular weight excluding hydrogens is 359 g/mol. The van der Waals surface area contributed by atoms with Gasteiger partial charge in [-0.05, 0) is 26.7 Å². The number of cyclic esters (lactones) is 2. The smallest absolute Gasteiger partial charge is 0.389 e. The second-order valence-electron chi connectivity index (χ2n) is 6.09. The van der Waals surface area contributed by atoms with Gasteiger partial charge in [0.05, 0.1) is 11.1 Å². The predicted octanol–water partition coefficient (Wildman–Crippen LogP) is 4.47. The van der Waals surface area contributed by atoms with Crippen molar-refractivity contribution in [1.82, 2.24) is 4.57 Å². The largest absolute Gasteiger partial charge is 0.417 e. The number of hydrogen-bond donors (Lipinski definition) is 0. The highest BCUT2D eigenvalue weighted by molar-refractivity contribution is 6.15. The van der Waals surface area contributed by atoms with Crippen molar-refractivity contribution in [3.05, 3.63) is 52.7 Å². The van der Waals surface area contributed by atoms with Crippen molar-refractivity contribution in [2.24, 2.45) is 13.0 Å². The number of aryl methyl sites for hydroxylation is 1. The number of alkyl halides is 3. The number of aromatic nitrogens is 1. The molecule has 3 rings (SSSR count). The average molecular weight is 383 g/mol. The Morgan fingerprint density at radius 3 is 2.56 bits per heavy atom. The van der Waals surface area contributed by atoms with Gasteiger partial charge in [-0.15, -0.1) is 0 Å². The summed E-state index contributed by atoms with van der Waals surface area (Å²) in [7, 11) is 1.52. The topological polar surface area (TPSA) is 48.3 Å². The molecule has 1 aliphatic rings. The number of fused-ring (bicyclic) bond motifs is 1. The van der Waals surface area contributed by atoms with Gasteiger partial charge in [-0.2, -0.15) is 13.2 Å². The molecule has 7 heteroatoms. The van der Waals surface area contributed by atoms with Crippen molar-refractivity contribution in [2.75, 3.05) is 0 Å². The Morgan fingerprint density at radius 1 is 1.26 bits per heavy atom. The van der Waals surface area contributed by atoms with Gasteiger partial charge in [-0.3, -0.25) is 4.79 Å². The lowest BCUT2D eigenvalue weighted by Gasteiger charge is -2.16. The fraction of sp³-hybridized carbons (Fsp3) is 0.300. The summed E-state index contributed by atoms with van der Waals surface area (Å²) in [6, 6.07) is 6.10.